The van der Waals surface area contributed by atoms with Crippen LogP contribution in [0.5, 0.6) is 0 Å². The zero-order valence-electron chi connectivity index (χ0n) is 15.4. The van der Waals surface area contributed by atoms with Crippen molar-refractivity contribution in [2.45, 2.75) is 39.4 Å². The molecule has 0 aliphatic rings. The molecule has 6 nitrogen and oxygen atoms in total. The lowest BCUT2D eigenvalue weighted by Crippen LogP contribution is -2.34. The van der Waals surface area contributed by atoms with E-state index in [2.05, 4.69) is 16.0 Å². The summed E-state index contributed by atoms with van der Waals surface area (Å²) in [4.78, 5) is 23.9. The number of benzene rings is 2. The summed E-state index contributed by atoms with van der Waals surface area (Å²) in [6.45, 7) is 6.15. The molecule has 0 aliphatic heterocycles. The number of rotatable bonds is 6. The first kappa shape index (κ1) is 19.5. The maximum atomic E-state index is 12.2. The lowest BCUT2D eigenvalue weighted by Gasteiger charge is -2.13. The van der Waals surface area contributed by atoms with Gasteiger partial charge in [0.15, 0.2) is 0 Å². The second-order valence-electron chi connectivity index (χ2n) is 6.56. The van der Waals surface area contributed by atoms with Crippen molar-refractivity contribution in [1.29, 1.82) is 0 Å². The Kier molecular flexibility index (Phi) is 6.74. The van der Waals surface area contributed by atoms with Crippen LogP contribution >= 0.6 is 0 Å². The first-order chi connectivity index (χ1) is 12.3. The van der Waals surface area contributed by atoms with Crippen molar-refractivity contribution in [3.63, 3.8) is 0 Å². The van der Waals surface area contributed by atoms with Gasteiger partial charge < -0.3 is 21.7 Å². The molecule has 1 atom stereocenters. The van der Waals surface area contributed by atoms with Crippen molar-refractivity contribution in [2.75, 3.05) is 5.32 Å². The fourth-order valence-electron chi connectivity index (χ4n) is 2.36. The van der Waals surface area contributed by atoms with Gasteiger partial charge in [0.2, 0.25) is 5.91 Å². The summed E-state index contributed by atoms with van der Waals surface area (Å²) in [5, 5.41) is 8.34. The SMILES string of the molecule is Cc1ccc(C(N)C(=O)NCc2ccc(NC(=O)NC(C)C)cc2)cc1. The molecule has 0 radical (unpaired) electrons. The third-order valence-corrected chi connectivity index (χ3v) is 3.82. The molecule has 138 valence electrons. The fourth-order valence-corrected chi connectivity index (χ4v) is 2.36. The summed E-state index contributed by atoms with van der Waals surface area (Å²) in [7, 11) is 0. The molecule has 0 saturated heterocycles. The summed E-state index contributed by atoms with van der Waals surface area (Å²) < 4.78 is 0. The van der Waals surface area contributed by atoms with Crippen LogP contribution in [-0.4, -0.2) is 18.0 Å². The Labute approximate surface area is 154 Å². The van der Waals surface area contributed by atoms with Gasteiger partial charge >= 0.3 is 6.03 Å². The predicted molar refractivity (Wildman–Crippen MR) is 104 cm³/mol. The van der Waals surface area contributed by atoms with Gasteiger partial charge in [0, 0.05) is 18.3 Å². The van der Waals surface area contributed by atoms with Crippen LogP contribution < -0.4 is 21.7 Å². The molecule has 3 amide bonds. The van der Waals surface area contributed by atoms with Gasteiger partial charge in [-0.3, -0.25) is 4.79 Å². The number of nitrogens with one attached hydrogen (secondary N) is 3. The normalized spacial score (nSPS) is 11.7. The number of hydrogen-bond donors (Lipinski definition) is 4. The smallest absolute Gasteiger partial charge is 0.319 e. The molecule has 0 spiro atoms. The molecular weight excluding hydrogens is 328 g/mol. The Hall–Kier alpha value is -2.86. The van der Waals surface area contributed by atoms with Crippen molar-refractivity contribution < 1.29 is 9.59 Å². The number of urea groups is 1. The van der Waals surface area contributed by atoms with Gasteiger partial charge in [0.25, 0.3) is 0 Å². The first-order valence-corrected chi connectivity index (χ1v) is 8.61. The number of nitrogens with two attached hydrogens (primary N) is 1. The number of hydrogen-bond acceptors (Lipinski definition) is 3. The Morgan fingerprint density at radius 2 is 1.62 bits per heavy atom. The maximum Gasteiger partial charge on any atom is 0.319 e. The number of amides is 3. The van der Waals surface area contributed by atoms with E-state index < -0.39 is 6.04 Å². The van der Waals surface area contributed by atoms with Crippen molar-refractivity contribution in [1.82, 2.24) is 10.6 Å². The topological polar surface area (TPSA) is 96.2 Å². The Bertz CT molecular complexity index is 739. The van der Waals surface area contributed by atoms with E-state index in [0.717, 1.165) is 16.7 Å². The summed E-state index contributed by atoms with van der Waals surface area (Å²) in [6.07, 6.45) is 0. The molecule has 0 aliphatic carbocycles. The Balaban J connectivity index is 1.86. The molecule has 1 unspecified atom stereocenters. The number of carbonyl (C=O) groups is 2. The second-order valence-corrected chi connectivity index (χ2v) is 6.56. The average molecular weight is 354 g/mol. The second kappa shape index (κ2) is 9.01. The highest BCUT2D eigenvalue weighted by atomic mass is 16.2. The quantitative estimate of drug-likeness (QED) is 0.642. The van der Waals surface area contributed by atoms with Crippen molar-refractivity contribution in [3.05, 3.63) is 65.2 Å². The molecule has 26 heavy (non-hydrogen) atoms. The molecule has 0 bridgehead atoms. The summed E-state index contributed by atoms with van der Waals surface area (Å²) >= 11 is 0. The number of carbonyl (C=O) groups excluding carboxylic acids is 2. The standard InChI is InChI=1S/C20H26N4O2/c1-13(2)23-20(26)24-17-10-6-15(7-11-17)12-22-19(25)18(21)16-8-4-14(3)5-9-16/h4-11,13,18H,12,21H2,1-3H3,(H,22,25)(H2,23,24,26). The molecule has 2 aromatic rings. The van der Waals surface area contributed by atoms with Crippen LogP contribution in [0.25, 0.3) is 0 Å². The molecule has 0 aromatic heterocycles. The molecule has 2 rings (SSSR count). The van der Waals surface area contributed by atoms with Crippen LogP contribution in [-0.2, 0) is 11.3 Å². The van der Waals surface area contributed by atoms with E-state index in [1.54, 1.807) is 12.1 Å². The van der Waals surface area contributed by atoms with E-state index >= 15 is 0 Å². The minimum absolute atomic E-state index is 0.0715. The van der Waals surface area contributed by atoms with Crippen molar-refractivity contribution in [3.8, 4) is 0 Å². The van der Waals surface area contributed by atoms with E-state index in [0.29, 0.717) is 12.2 Å². The Morgan fingerprint density at radius 1 is 1.00 bits per heavy atom. The summed E-state index contributed by atoms with van der Waals surface area (Å²) in [5.74, 6) is -0.229. The molecule has 0 saturated carbocycles. The van der Waals surface area contributed by atoms with E-state index in [1.807, 2.05) is 57.2 Å². The predicted octanol–water partition coefficient (Wildman–Crippen LogP) is 2.84. The molecule has 2 aromatic carbocycles. The highest BCUT2D eigenvalue weighted by molar-refractivity contribution is 5.89. The van der Waals surface area contributed by atoms with Crippen LogP contribution in [0, 0.1) is 6.92 Å². The zero-order valence-corrected chi connectivity index (χ0v) is 15.4. The lowest BCUT2D eigenvalue weighted by molar-refractivity contribution is -0.122. The maximum absolute atomic E-state index is 12.2. The van der Waals surface area contributed by atoms with Crippen LogP contribution in [0.3, 0.4) is 0 Å². The molecule has 0 heterocycles. The van der Waals surface area contributed by atoms with E-state index in [4.69, 9.17) is 5.73 Å². The molecular formula is C20H26N4O2. The van der Waals surface area contributed by atoms with Gasteiger partial charge in [-0.05, 0) is 44.0 Å². The number of aryl methyl sites for hydroxylation is 1. The van der Waals surface area contributed by atoms with Crippen molar-refractivity contribution >= 4 is 17.6 Å². The van der Waals surface area contributed by atoms with Gasteiger partial charge in [-0.15, -0.1) is 0 Å². The largest absolute Gasteiger partial charge is 0.350 e. The van der Waals surface area contributed by atoms with E-state index in [1.165, 1.54) is 0 Å². The van der Waals surface area contributed by atoms with Crippen LogP contribution in [0.1, 0.15) is 36.6 Å². The van der Waals surface area contributed by atoms with Gasteiger partial charge in [-0.25, -0.2) is 4.79 Å². The first-order valence-electron chi connectivity index (χ1n) is 8.61. The van der Waals surface area contributed by atoms with Crippen LogP contribution in [0.2, 0.25) is 0 Å². The van der Waals surface area contributed by atoms with Gasteiger partial charge in [-0.1, -0.05) is 42.0 Å². The van der Waals surface area contributed by atoms with Gasteiger partial charge in [0.1, 0.15) is 6.04 Å². The van der Waals surface area contributed by atoms with Gasteiger partial charge in [-0.2, -0.15) is 0 Å². The summed E-state index contributed by atoms with van der Waals surface area (Å²) in [6, 6.07) is 14.0. The minimum Gasteiger partial charge on any atom is -0.350 e. The van der Waals surface area contributed by atoms with Crippen LogP contribution in [0.4, 0.5) is 10.5 Å². The minimum atomic E-state index is -0.698. The highest BCUT2D eigenvalue weighted by Gasteiger charge is 2.15. The summed E-state index contributed by atoms with van der Waals surface area (Å²) in [5.41, 5.74) is 9.52. The number of anilines is 1. The molecule has 6 heteroatoms. The highest BCUT2D eigenvalue weighted by Crippen LogP contribution is 2.13. The van der Waals surface area contributed by atoms with Gasteiger partial charge in [0.05, 0.1) is 0 Å². The van der Waals surface area contributed by atoms with E-state index in [-0.39, 0.29) is 18.0 Å². The zero-order chi connectivity index (χ0) is 19.1. The lowest BCUT2D eigenvalue weighted by atomic mass is 10.1. The van der Waals surface area contributed by atoms with E-state index in [9.17, 15) is 9.59 Å². The van der Waals surface area contributed by atoms with Crippen molar-refractivity contribution in [2.24, 2.45) is 5.73 Å². The average Bonchev–Trinajstić information content (AvgIpc) is 2.60. The third kappa shape index (κ3) is 5.89. The Morgan fingerprint density at radius 3 is 2.19 bits per heavy atom. The fraction of sp³-hybridized carbons (Fsp3) is 0.300. The monoisotopic (exact) mass is 354 g/mol. The third-order valence-electron chi connectivity index (χ3n) is 3.82. The molecule has 5 N–H and O–H groups in total. The molecule has 0 fully saturated rings. The van der Waals surface area contributed by atoms with Crippen LogP contribution in [0.15, 0.2) is 48.5 Å².